The van der Waals surface area contributed by atoms with Crippen LogP contribution in [-0.2, 0) is 38.0 Å². The fourth-order valence-electron chi connectivity index (χ4n) is 15.7. The molecule has 7 aliphatic rings. The van der Waals surface area contributed by atoms with E-state index in [2.05, 4.69) is 55.4 Å². The lowest BCUT2D eigenvalue weighted by atomic mass is 9.43. The average Bonchev–Trinajstić information content (AvgIpc) is 3.80. The van der Waals surface area contributed by atoms with E-state index >= 15 is 0 Å². The van der Waals surface area contributed by atoms with Crippen molar-refractivity contribution < 1.29 is 38.0 Å². The fraction of sp³-hybridized carbons (Fsp3) is 0.958. The molecule has 0 amide bonds. The highest BCUT2D eigenvalue weighted by molar-refractivity contribution is 5.88. The standard InChI is InChI=1S/C27H46O4.C21H36O4/c1-18-12-14-27-15-13-21(30-6)23(27)26(18,4)22(31-17-29-5)16-25(3,24(28)19(27)2)20-10-8-7-9-11-20;1-13-11-17(25-12-23-5)20(4)14(2)7-9-21(15(3)18(13)22)10-8-16(24-6)19(20)21/h18-23H,7-17H2,1-6H3;13-17,19H,7-12H2,1-6H3/t18-,19+,21-,22-,23?,25+,26+,27?;13-,14+,15-,16+,17+,19?,20-,21?/m10/s1. The van der Waals surface area contributed by atoms with Gasteiger partial charge < -0.3 is 28.4 Å². The van der Waals surface area contributed by atoms with E-state index in [1.807, 2.05) is 14.2 Å². The molecule has 0 aromatic rings. The molecule has 322 valence electrons. The molecular weight excluding hydrogens is 705 g/mol. The monoisotopic (exact) mass is 787 g/mol. The predicted molar refractivity (Wildman–Crippen MR) is 220 cm³/mol. The second-order valence-electron chi connectivity index (χ2n) is 21.1. The van der Waals surface area contributed by atoms with Gasteiger partial charge in [0.2, 0.25) is 0 Å². The molecule has 0 heterocycles. The van der Waals surface area contributed by atoms with Gasteiger partial charge in [0.05, 0.1) is 24.4 Å². The van der Waals surface area contributed by atoms with E-state index < -0.39 is 0 Å². The van der Waals surface area contributed by atoms with Crippen LogP contribution in [0.25, 0.3) is 0 Å². The third-order valence-electron chi connectivity index (χ3n) is 19.4. The maximum atomic E-state index is 14.4. The van der Waals surface area contributed by atoms with Gasteiger partial charge in [0.15, 0.2) is 0 Å². The molecular formula is C48H82O8. The summed E-state index contributed by atoms with van der Waals surface area (Å²) in [5.74, 6) is 3.51. The van der Waals surface area contributed by atoms with Crippen molar-refractivity contribution in [3.05, 3.63) is 0 Å². The first-order valence-electron chi connectivity index (χ1n) is 22.9. The summed E-state index contributed by atoms with van der Waals surface area (Å²) >= 11 is 0. The third kappa shape index (κ3) is 6.94. The van der Waals surface area contributed by atoms with Crippen LogP contribution in [0.15, 0.2) is 0 Å². The van der Waals surface area contributed by atoms with E-state index in [4.69, 9.17) is 28.4 Å². The van der Waals surface area contributed by atoms with Crippen molar-refractivity contribution in [3.8, 4) is 0 Å². The summed E-state index contributed by atoms with van der Waals surface area (Å²) in [6, 6.07) is 0. The maximum absolute atomic E-state index is 14.4. The molecule has 8 heteroatoms. The first-order chi connectivity index (χ1) is 26.6. The Balaban J connectivity index is 0.000000194. The molecule has 0 aliphatic heterocycles. The molecule has 8 nitrogen and oxygen atoms in total. The molecule has 0 N–H and O–H groups in total. The van der Waals surface area contributed by atoms with Crippen LogP contribution in [0, 0.1) is 74.4 Å². The number of methoxy groups -OCH3 is 4. The number of rotatable bonds is 9. The van der Waals surface area contributed by atoms with Crippen LogP contribution in [-0.4, -0.2) is 78.0 Å². The van der Waals surface area contributed by atoms with Crippen molar-refractivity contribution in [1.29, 1.82) is 0 Å². The average molecular weight is 787 g/mol. The number of ether oxygens (including phenoxy) is 6. The van der Waals surface area contributed by atoms with Gasteiger partial charge in [0, 0.05) is 62.4 Å². The van der Waals surface area contributed by atoms with Crippen LogP contribution in [0.5, 0.6) is 0 Å². The highest BCUT2D eigenvalue weighted by Gasteiger charge is 2.69. The number of carbonyl (C=O) groups excluding carboxylic acids is 2. The van der Waals surface area contributed by atoms with Gasteiger partial charge in [-0.2, -0.15) is 0 Å². The Morgan fingerprint density at radius 3 is 1.55 bits per heavy atom. The second kappa shape index (κ2) is 17.2. The minimum absolute atomic E-state index is 0.0111. The van der Waals surface area contributed by atoms with Crippen LogP contribution in [0.1, 0.15) is 152 Å². The molecule has 0 saturated heterocycles. The summed E-state index contributed by atoms with van der Waals surface area (Å²) in [5.41, 5.74) is -0.192. The molecule has 56 heavy (non-hydrogen) atoms. The third-order valence-corrected chi connectivity index (χ3v) is 19.4. The van der Waals surface area contributed by atoms with Crippen molar-refractivity contribution >= 4 is 11.6 Å². The predicted octanol–water partition coefficient (Wildman–Crippen LogP) is 10.1. The van der Waals surface area contributed by atoms with Crippen molar-refractivity contribution in [3.63, 3.8) is 0 Å². The number of hydrogen-bond acceptors (Lipinski definition) is 8. The van der Waals surface area contributed by atoms with Crippen LogP contribution in [0.2, 0.25) is 0 Å². The largest absolute Gasteiger partial charge is 0.381 e. The Morgan fingerprint density at radius 2 is 1.05 bits per heavy atom. The summed E-state index contributed by atoms with van der Waals surface area (Å²) in [6.45, 7) is 19.1. The van der Waals surface area contributed by atoms with Gasteiger partial charge in [-0.05, 0) is 117 Å². The molecule has 0 spiro atoms. The summed E-state index contributed by atoms with van der Waals surface area (Å²) in [5, 5.41) is 0. The Bertz CT molecular complexity index is 1360. The Kier molecular flexibility index (Phi) is 13.7. The normalized spacial score (nSPS) is 49.5. The van der Waals surface area contributed by atoms with Gasteiger partial charge in [-0.15, -0.1) is 0 Å². The molecule has 7 rings (SSSR count). The summed E-state index contributed by atoms with van der Waals surface area (Å²) < 4.78 is 35.6. The quantitative estimate of drug-likeness (QED) is 0.214. The highest BCUT2D eigenvalue weighted by atomic mass is 16.7. The van der Waals surface area contributed by atoms with Gasteiger partial charge in [-0.1, -0.05) is 74.7 Å². The van der Waals surface area contributed by atoms with Crippen LogP contribution >= 0.6 is 0 Å². The van der Waals surface area contributed by atoms with Crippen LogP contribution in [0.4, 0.5) is 0 Å². The smallest absolute Gasteiger partial charge is 0.146 e. The second-order valence-corrected chi connectivity index (χ2v) is 21.1. The molecule has 4 bridgehead atoms. The van der Waals surface area contributed by atoms with E-state index in [1.54, 1.807) is 14.2 Å². The Hall–Kier alpha value is -0.900. The van der Waals surface area contributed by atoms with E-state index in [1.165, 1.54) is 44.9 Å². The number of carbonyl (C=O) groups is 2. The number of hydrogen-bond donors (Lipinski definition) is 0. The van der Waals surface area contributed by atoms with Crippen molar-refractivity contribution in [2.24, 2.45) is 74.4 Å². The first-order valence-corrected chi connectivity index (χ1v) is 22.9. The maximum Gasteiger partial charge on any atom is 0.146 e. The van der Waals surface area contributed by atoms with Crippen molar-refractivity contribution in [1.82, 2.24) is 0 Å². The van der Waals surface area contributed by atoms with Crippen LogP contribution < -0.4 is 0 Å². The topological polar surface area (TPSA) is 89.5 Å². The molecule has 0 aromatic heterocycles. The van der Waals surface area contributed by atoms with E-state index in [0.717, 1.165) is 51.4 Å². The van der Waals surface area contributed by atoms with E-state index in [-0.39, 0.29) is 69.2 Å². The van der Waals surface area contributed by atoms with Gasteiger partial charge >= 0.3 is 0 Å². The minimum atomic E-state index is -0.306. The molecule has 4 unspecified atom stereocenters. The molecule has 7 saturated carbocycles. The lowest BCUT2D eigenvalue weighted by Gasteiger charge is -2.63. The van der Waals surface area contributed by atoms with Gasteiger partial charge in [0.25, 0.3) is 0 Å². The zero-order chi connectivity index (χ0) is 40.8. The summed E-state index contributed by atoms with van der Waals surface area (Å²) in [4.78, 5) is 27.6. The number of Topliss-reactive ketones (excluding diaryl/α,β-unsaturated/α-hetero) is 2. The molecule has 16 atom stereocenters. The number of ketones is 2. The molecule has 7 fully saturated rings. The molecule has 0 aromatic carbocycles. The summed E-state index contributed by atoms with van der Waals surface area (Å²) in [6.07, 6.45) is 17.3. The SMILES string of the molecule is COCO[C@@H]1C[C@@](C)(C2CCCCC2)C(=O)[C@H](C)C23CC[C@@H](C)[C@]1(C)C2[C@H](OC)CC3.COCO[C@@H]1C[C@H](C)C(=O)[C@H](C)C23CC[C@@H](C)[C@]1(C)C2[C@H](OC)CC3. The summed E-state index contributed by atoms with van der Waals surface area (Å²) in [7, 11) is 7.09. The van der Waals surface area contributed by atoms with Crippen molar-refractivity contribution in [2.45, 2.75) is 176 Å². The van der Waals surface area contributed by atoms with E-state index in [9.17, 15) is 9.59 Å². The van der Waals surface area contributed by atoms with Crippen LogP contribution in [0.3, 0.4) is 0 Å². The molecule has 0 radical (unpaired) electrons. The zero-order valence-corrected chi connectivity index (χ0v) is 37.7. The van der Waals surface area contributed by atoms with Crippen molar-refractivity contribution in [2.75, 3.05) is 42.0 Å². The van der Waals surface area contributed by atoms with E-state index in [0.29, 0.717) is 54.7 Å². The fourth-order valence-corrected chi connectivity index (χ4v) is 15.7. The lowest BCUT2D eigenvalue weighted by Crippen LogP contribution is -2.63. The minimum Gasteiger partial charge on any atom is -0.381 e. The first kappa shape index (κ1) is 44.6. The lowest BCUT2D eigenvalue weighted by molar-refractivity contribution is -0.223. The zero-order valence-electron chi connectivity index (χ0n) is 37.7. The van der Waals surface area contributed by atoms with Gasteiger partial charge in [0.1, 0.15) is 25.2 Å². The van der Waals surface area contributed by atoms with Gasteiger partial charge in [-0.3, -0.25) is 9.59 Å². The Labute approximate surface area is 341 Å². The molecule has 7 aliphatic carbocycles. The Morgan fingerprint density at radius 1 is 0.589 bits per heavy atom. The highest BCUT2D eigenvalue weighted by Crippen LogP contribution is 2.70. The van der Waals surface area contributed by atoms with Gasteiger partial charge in [-0.25, -0.2) is 0 Å².